The number of hydrogen-bond donors (Lipinski definition) is 3. The quantitative estimate of drug-likeness (QED) is 0.632. The molecule has 6 nitrogen and oxygen atoms in total. The van der Waals surface area contributed by atoms with Gasteiger partial charge in [-0.2, -0.15) is 0 Å². The summed E-state index contributed by atoms with van der Waals surface area (Å²) in [6.45, 7) is 8.68. The van der Waals surface area contributed by atoms with E-state index >= 15 is 0 Å². The third-order valence-electron chi connectivity index (χ3n) is 2.36. The second-order valence-corrected chi connectivity index (χ2v) is 3.76. The number of piperazine rings is 1. The molecule has 104 valence electrons. The predicted octanol–water partition coefficient (Wildman–Crippen LogP) is -0.513. The smallest absolute Gasteiger partial charge is 0.106 e. The Balaban J connectivity index is 0.000000308. The maximum atomic E-state index is 8.00. The van der Waals surface area contributed by atoms with E-state index in [1.807, 2.05) is 26.4 Å². The highest BCUT2D eigenvalue weighted by Gasteiger charge is 1.91. The van der Waals surface area contributed by atoms with Gasteiger partial charge >= 0.3 is 0 Å². The molecule has 1 fully saturated rings. The van der Waals surface area contributed by atoms with Crippen molar-refractivity contribution in [3.63, 3.8) is 0 Å². The number of nitrogens with one attached hydrogen (secondary N) is 3. The van der Waals surface area contributed by atoms with Gasteiger partial charge in [-0.3, -0.25) is 0 Å². The third kappa shape index (κ3) is 9.95. The van der Waals surface area contributed by atoms with Crippen LogP contribution in [0.3, 0.4) is 0 Å². The molecule has 1 aromatic rings. The molecule has 2 rings (SSSR count). The number of aromatic nitrogens is 2. The molecule has 0 bridgehead atoms. The highest BCUT2D eigenvalue weighted by molar-refractivity contribution is 5.10. The summed E-state index contributed by atoms with van der Waals surface area (Å²) in [5.74, 6) is 0. The predicted molar refractivity (Wildman–Crippen MR) is 73.6 cm³/mol. The molecular weight excluding hydrogens is 230 g/mol. The number of imidazole rings is 1. The molecule has 1 aliphatic rings. The number of carbonyl (C=O) groups excluding carboxylic acids is 1. The standard InChI is InChI=1S/C7H13N3.C4H10N2.CH2O/c1-8-3-2-5-10-6-4-9-7-10;1-2-6-4-3-5-1;1-2/h4,6-8H,2-3,5H2,1H3;5-6H,1-4H2;1H2. The van der Waals surface area contributed by atoms with Gasteiger partial charge in [0.1, 0.15) is 6.79 Å². The summed E-state index contributed by atoms with van der Waals surface area (Å²) in [6.07, 6.45) is 6.79. The van der Waals surface area contributed by atoms with E-state index in [0.717, 1.165) is 45.7 Å². The minimum absolute atomic E-state index is 1.06. The van der Waals surface area contributed by atoms with Gasteiger partial charge in [0.25, 0.3) is 0 Å². The minimum Gasteiger partial charge on any atom is -0.337 e. The monoisotopic (exact) mass is 255 g/mol. The number of carbonyl (C=O) groups is 1. The molecule has 0 saturated carbocycles. The lowest BCUT2D eigenvalue weighted by atomic mass is 10.4. The maximum Gasteiger partial charge on any atom is 0.106 e. The lowest BCUT2D eigenvalue weighted by molar-refractivity contribution is -0.0979. The molecule has 0 unspecified atom stereocenters. The van der Waals surface area contributed by atoms with Crippen LogP contribution in [0.25, 0.3) is 0 Å². The van der Waals surface area contributed by atoms with Crippen LogP contribution in [0.2, 0.25) is 0 Å². The van der Waals surface area contributed by atoms with Crippen LogP contribution >= 0.6 is 0 Å². The average Bonchev–Trinajstić information content (AvgIpc) is 2.97. The largest absolute Gasteiger partial charge is 0.337 e. The van der Waals surface area contributed by atoms with Crippen molar-refractivity contribution in [3.8, 4) is 0 Å². The third-order valence-corrected chi connectivity index (χ3v) is 2.36. The van der Waals surface area contributed by atoms with Gasteiger partial charge in [0.15, 0.2) is 0 Å². The summed E-state index contributed by atoms with van der Waals surface area (Å²) in [5.41, 5.74) is 0. The van der Waals surface area contributed by atoms with Gasteiger partial charge < -0.3 is 25.3 Å². The highest BCUT2D eigenvalue weighted by Crippen LogP contribution is 1.87. The minimum atomic E-state index is 1.06. The van der Waals surface area contributed by atoms with Crippen LogP contribution in [0.15, 0.2) is 18.7 Å². The molecule has 3 N–H and O–H groups in total. The van der Waals surface area contributed by atoms with Crippen molar-refractivity contribution in [2.75, 3.05) is 39.8 Å². The fourth-order valence-corrected chi connectivity index (χ4v) is 1.46. The van der Waals surface area contributed by atoms with E-state index in [-0.39, 0.29) is 0 Å². The first kappa shape index (κ1) is 16.8. The fraction of sp³-hybridized carbons (Fsp3) is 0.667. The topological polar surface area (TPSA) is 71.0 Å². The van der Waals surface area contributed by atoms with Crippen LogP contribution in [-0.2, 0) is 11.3 Å². The second kappa shape index (κ2) is 13.8. The van der Waals surface area contributed by atoms with Crippen molar-refractivity contribution < 1.29 is 4.79 Å². The molecule has 0 atom stereocenters. The van der Waals surface area contributed by atoms with E-state index in [4.69, 9.17) is 4.79 Å². The van der Waals surface area contributed by atoms with Crippen molar-refractivity contribution in [3.05, 3.63) is 18.7 Å². The molecule has 18 heavy (non-hydrogen) atoms. The molecule has 0 radical (unpaired) electrons. The molecule has 0 aromatic carbocycles. The number of aryl methyl sites for hydroxylation is 1. The first-order chi connectivity index (χ1) is 8.93. The van der Waals surface area contributed by atoms with E-state index in [9.17, 15) is 0 Å². The van der Waals surface area contributed by atoms with E-state index in [2.05, 4.69) is 25.5 Å². The van der Waals surface area contributed by atoms with Crippen LogP contribution in [-0.4, -0.2) is 56.1 Å². The number of nitrogens with zero attached hydrogens (tertiary/aromatic N) is 2. The zero-order valence-electron chi connectivity index (χ0n) is 11.2. The molecule has 6 heteroatoms. The van der Waals surface area contributed by atoms with Gasteiger partial charge in [-0.05, 0) is 20.0 Å². The van der Waals surface area contributed by atoms with E-state index in [1.165, 1.54) is 0 Å². The van der Waals surface area contributed by atoms with E-state index in [0.29, 0.717) is 0 Å². The van der Waals surface area contributed by atoms with Crippen molar-refractivity contribution in [2.24, 2.45) is 0 Å². The first-order valence-electron chi connectivity index (χ1n) is 6.24. The van der Waals surface area contributed by atoms with Crippen LogP contribution in [0, 0.1) is 0 Å². The van der Waals surface area contributed by atoms with Crippen LogP contribution in [0.1, 0.15) is 6.42 Å². The summed E-state index contributed by atoms with van der Waals surface area (Å²) >= 11 is 0. The Morgan fingerprint density at radius 1 is 1.28 bits per heavy atom. The van der Waals surface area contributed by atoms with Crippen molar-refractivity contribution >= 4 is 6.79 Å². The van der Waals surface area contributed by atoms with Gasteiger partial charge in [-0.15, -0.1) is 0 Å². The normalized spacial score (nSPS) is 13.8. The summed E-state index contributed by atoms with van der Waals surface area (Å²) in [4.78, 5) is 11.9. The Morgan fingerprint density at radius 2 is 1.89 bits per heavy atom. The Kier molecular flexibility index (Phi) is 12.9. The molecule has 0 spiro atoms. The summed E-state index contributed by atoms with van der Waals surface area (Å²) in [7, 11) is 1.97. The van der Waals surface area contributed by atoms with Crippen LogP contribution in [0.4, 0.5) is 0 Å². The molecule has 0 amide bonds. The molecule has 1 aromatic heterocycles. The Labute approximate surface area is 109 Å². The highest BCUT2D eigenvalue weighted by atomic mass is 16.1. The Morgan fingerprint density at radius 3 is 2.28 bits per heavy atom. The number of rotatable bonds is 4. The van der Waals surface area contributed by atoms with Crippen molar-refractivity contribution in [1.29, 1.82) is 0 Å². The van der Waals surface area contributed by atoms with E-state index < -0.39 is 0 Å². The Hall–Kier alpha value is -1.24. The van der Waals surface area contributed by atoms with Crippen LogP contribution < -0.4 is 16.0 Å². The SMILES string of the molecule is C1CNCCN1.C=O.CNCCCn1ccnc1. The molecule has 1 aliphatic heterocycles. The lowest BCUT2D eigenvalue weighted by Gasteiger charge is -2.11. The fourth-order valence-electron chi connectivity index (χ4n) is 1.46. The zero-order chi connectivity index (χ0) is 13.5. The van der Waals surface area contributed by atoms with E-state index in [1.54, 1.807) is 6.20 Å². The van der Waals surface area contributed by atoms with Gasteiger partial charge in [-0.25, -0.2) is 4.98 Å². The van der Waals surface area contributed by atoms with Crippen molar-refractivity contribution in [2.45, 2.75) is 13.0 Å². The van der Waals surface area contributed by atoms with Crippen LogP contribution in [0.5, 0.6) is 0 Å². The van der Waals surface area contributed by atoms with Gasteiger partial charge in [0.2, 0.25) is 0 Å². The van der Waals surface area contributed by atoms with Crippen molar-refractivity contribution in [1.82, 2.24) is 25.5 Å². The molecular formula is C12H25N5O. The van der Waals surface area contributed by atoms with Gasteiger partial charge in [0.05, 0.1) is 6.33 Å². The maximum absolute atomic E-state index is 8.00. The second-order valence-electron chi connectivity index (χ2n) is 3.76. The molecule has 2 heterocycles. The number of hydrogen-bond acceptors (Lipinski definition) is 5. The summed E-state index contributed by atoms with van der Waals surface area (Å²) in [5, 5.41) is 9.54. The van der Waals surface area contributed by atoms with Gasteiger partial charge in [0, 0.05) is 45.1 Å². The average molecular weight is 255 g/mol. The Bertz CT molecular complexity index is 237. The van der Waals surface area contributed by atoms with Gasteiger partial charge in [-0.1, -0.05) is 0 Å². The molecule has 0 aliphatic carbocycles. The lowest BCUT2D eigenvalue weighted by Crippen LogP contribution is -2.39. The summed E-state index contributed by atoms with van der Waals surface area (Å²) in [6, 6.07) is 0. The first-order valence-corrected chi connectivity index (χ1v) is 6.24. The zero-order valence-corrected chi connectivity index (χ0v) is 11.2. The summed E-state index contributed by atoms with van der Waals surface area (Å²) < 4.78 is 2.08. The molecule has 1 saturated heterocycles.